The molecule has 0 aliphatic carbocycles. The predicted octanol–water partition coefficient (Wildman–Crippen LogP) is 0.751. The van der Waals surface area contributed by atoms with Crippen molar-refractivity contribution in [3.63, 3.8) is 0 Å². The van der Waals surface area contributed by atoms with Crippen LogP contribution in [0, 0.1) is 0 Å². The van der Waals surface area contributed by atoms with E-state index in [1.807, 2.05) is 0 Å². The van der Waals surface area contributed by atoms with E-state index in [-0.39, 0.29) is 5.56 Å². The van der Waals surface area contributed by atoms with E-state index >= 15 is 0 Å². The Morgan fingerprint density at radius 2 is 2.25 bits per heavy atom. The average Bonchev–Trinajstić information content (AvgIpc) is 2.76. The van der Waals surface area contributed by atoms with Crippen LogP contribution in [-0.2, 0) is 11.3 Å². The Kier molecular flexibility index (Phi) is 3.58. The fourth-order valence-corrected chi connectivity index (χ4v) is 1.57. The minimum Gasteiger partial charge on any atom is -0.378 e. The number of rotatable bonds is 5. The van der Waals surface area contributed by atoms with Crippen molar-refractivity contribution in [1.29, 1.82) is 0 Å². The predicted molar refractivity (Wildman–Crippen MR) is 61.0 cm³/mol. The van der Waals surface area contributed by atoms with E-state index in [1.54, 1.807) is 33.7 Å². The fraction of sp³-hybridized carbons (Fsp3) is 0.400. The highest BCUT2D eigenvalue weighted by atomic mass is 35.5. The molecular formula is C10H12ClN3O2. The molecule has 0 unspecified atom stereocenters. The zero-order valence-corrected chi connectivity index (χ0v) is 9.43. The van der Waals surface area contributed by atoms with Gasteiger partial charge in [-0.2, -0.15) is 5.10 Å². The van der Waals surface area contributed by atoms with Gasteiger partial charge in [0.05, 0.1) is 19.4 Å². The molecule has 2 aromatic heterocycles. The number of fused-ring (bicyclic) bond motifs is 1. The number of aromatic nitrogens is 3. The summed E-state index contributed by atoms with van der Waals surface area (Å²) in [7, 11) is 0. The molecule has 5 nitrogen and oxygen atoms in total. The molecule has 0 saturated heterocycles. The summed E-state index contributed by atoms with van der Waals surface area (Å²) in [6.07, 6.45) is 5.05. The van der Waals surface area contributed by atoms with E-state index in [1.165, 1.54) is 0 Å². The van der Waals surface area contributed by atoms with Crippen molar-refractivity contribution in [2.24, 2.45) is 0 Å². The normalized spacial score (nSPS) is 11.1. The molecular weight excluding hydrogens is 230 g/mol. The Bertz CT molecular complexity index is 520. The number of alkyl halides is 1. The maximum absolute atomic E-state index is 11.9. The Hall–Kier alpha value is -1.33. The lowest BCUT2D eigenvalue weighted by molar-refractivity contribution is 0.140. The summed E-state index contributed by atoms with van der Waals surface area (Å²) in [4.78, 5) is 11.9. The molecule has 86 valence electrons. The average molecular weight is 242 g/mol. The lowest BCUT2D eigenvalue weighted by Crippen LogP contribution is -2.23. The van der Waals surface area contributed by atoms with Gasteiger partial charge < -0.3 is 9.30 Å². The van der Waals surface area contributed by atoms with E-state index in [2.05, 4.69) is 5.10 Å². The number of nitrogens with zero attached hydrogens (tertiary/aromatic N) is 3. The summed E-state index contributed by atoms with van der Waals surface area (Å²) < 4.78 is 8.38. The summed E-state index contributed by atoms with van der Waals surface area (Å²) in [6, 6.07) is 1.69. The first-order chi connectivity index (χ1) is 7.83. The van der Waals surface area contributed by atoms with Crippen molar-refractivity contribution in [3.05, 3.63) is 35.0 Å². The van der Waals surface area contributed by atoms with Crippen molar-refractivity contribution in [2.45, 2.75) is 6.54 Å². The molecule has 2 aromatic rings. The van der Waals surface area contributed by atoms with E-state index < -0.39 is 0 Å². The summed E-state index contributed by atoms with van der Waals surface area (Å²) >= 11 is 5.47. The highest BCUT2D eigenvalue weighted by Crippen LogP contribution is 1.94. The van der Waals surface area contributed by atoms with Crippen LogP contribution in [0.3, 0.4) is 0 Å². The van der Waals surface area contributed by atoms with Gasteiger partial charge in [-0.1, -0.05) is 0 Å². The van der Waals surface area contributed by atoms with Gasteiger partial charge >= 0.3 is 0 Å². The number of halogens is 1. The molecule has 0 aliphatic rings. The Labute approximate surface area is 97.2 Å². The molecule has 0 N–H and O–H groups in total. The van der Waals surface area contributed by atoms with Gasteiger partial charge in [-0.25, -0.2) is 4.52 Å². The molecule has 0 spiro atoms. The van der Waals surface area contributed by atoms with Crippen molar-refractivity contribution in [1.82, 2.24) is 14.2 Å². The first-order valence-corrected chi connectivity index (χ1v) is 5.53. The third-order valence-electron chi connectivity index (χ3n) is 2.24. The van der Waals surface area contributed by atoms with E-state index in [9.17, 15) is 4.79 Å². The van der Waals surface area contributed by atoms with Crippen LogP contribution in [0.25, 0.3) is 5.52 Å². The molecule has 0 aromatic carbocycles. The number of ether oxygens (including phenoxy) is 1. The first-order valence-electron chi connectivity index (χ1n) is 4.99. The molecule has 0 saturated carbocycles. The zero-order valence-electron chi connectivity index (χ0n) is 8.67. The van der Waals surface area contributed by atoms with Gasteiger partial charge in [-0.3, -0.25) is 4.79 Å². The molecule has 2 rings (SSSR count). The number of hydrogen-bond acceptors (Lipinski definition) is 3. The molecule has 0 fully saturated rings. The molecule has 16 heavy (non-hydrogen) atoms. The smallest absolute Gasteiger partial charge is 0.276 e. The maximum atomic E-state index is 11.9. The summed E-state index contributed by atoms with van der Waals surface area (Å²) in [6.45, 7) is 1.51. The van der Waals surface area contributed by atoms with Crippen molar-refractivity contribution < 1.29 is 4.74 Å². The third kappa shape index (κ3) is 2.25. The Morgan fingerprint density at radius 1 is 1.38 bits per heavy atom. The van der Waals surface area contributed by atoms with Gasteiger partial charge in [0.1, 0.15) is 5.52 Å². The van der Waals surface area contributed by atoms with Crippen molar-refractivity contribution >= 4 is 17.1 Å². The van der Waals surface area contributed by atoms with Gasteiger partial charge in [0.25, 0.3) is 5.56 Å². The highest BCUT2D eigenvalue weighted by Gasteiger charge is 2.02. The molecule has 0 atom stereocenters. The second-order valence-corrected chi connectivity index (χ2v) is 3.64. The highest BCUT2D eigenvalue weighted by molar-refractivity contribution is 6.17. The molecule has 0 bridgehead atoms. The van der Waals surface area contributed by atoms with Gasteiger partial charge in [0.2, 0.25) is 0 Å². The lowest BCUT2D eigenvalue weighted by atomic mass is 10.5. The lowest BCUT2D eigenvalue weighted by Gasteiger charge is -2.06. The molecule has 2 heterocycles. The van der Waals surface area contributed by atoms with E-state index in [4.69, 9.17) is 16.3 Å². The Balaban J connectivity index is 2.12. The summed E-state index contributed by atoms with van der Waals surface area (Å²) in [5.41, 5.74) is 0.509. The maximum Gasteiger partial charge on any atom is 0.276 e. The Morgan fingerprint density at radius 3 is 3.06 bits per heavy atom. The first kappa shape index (κ1) is 11.2. The van der Waals surface area contributed by atoms with Crippen LogP contribution in [0.4, 0.5) is 0 Å². The monoisotopic (exact) mass is 241 g/mol. The second-order valence-electron chi connectivity index (χ2n) is 3.26. The van der Waals surface area contributed by atoms with Crippen LogP contribution in [-0.4, -0.2) is 33.3 Å². The standard InChI is InChI=1S/C10H12ClN3O2/c11-2-7-16-8-6-13-4-5-14-9(10(13)15)1-3-12-14/h1,3-5H,2,6-8H2. The summed E-state index contributed by atoms with van der Waals surface area (Å²) in [5, 5.41) is 3.99. The van der Waals surface area contributed by atoms with Gasteiger partial charge in [0.15, 0.2) is 0 Å². The molecule has 0 amide bonds. The molecule has 0 radical (unpaired) electrons. The van der Waals surface area contributed by atoms with Crippen molar-refractivity contribution in [2.75, 3.05) is 19.1 Å². The van der Waals surface area contributed by atoms with Crippen LogP contribution in [0.1, 0.15) is 0 Å². The summed E-state index contributed by atoms with van der Waals surface area (Å²) in [5.74, 6) is 0.469. The second kappa shape index (κ2) is 5.14. The van der Waals surface area contributed by atoms with Crippen LogP contribution in [0.15, 0.2) is 29.5 Å². The van der Waals surface area contributed by atoms with E-state index in [0.29, 0.717) is 31.2 Å². The van der Waals surface area contributed by atoms with Crippen LogP contribution in [0.5, 0.6) is 0 Å². The minimum atomic E-state index is -0.0607. The van der Waals surface area contributed by atoms with Gasteiger partial charge in [-0.05, 0) is 6.07 Å². The zero-order chi connectivity index (χ0) is 11.4. The van der Waals surface area contributed by atoms with Crippen LogP contribution < -0.4 is 5.56 Å². The molecule has 0 aliphatic heterocycles. The minimum absolute atomic E-state index is 0.0607. The largest absolute Gasteiger partial charge is 0.378 e. The van der Waals surface area contributed by atoms with Gasteiger partial charge in [-0.15, -0.1) is 11.6 Å². The number of hydrogen-bond donors (Lipinski definition) is 0. The molecule has 6 heteroatoms. The van der Waals surface area contributed by atoms with Crippen LogP contribution >= 0.6 is 11.6 Å². The SMILES string of the molecule is O=c1c2ccnn2ccn1CCOCCCl. The quantitative estimate of drug-likeness (QED) is 0.573. The topological polar surface area (TPSA) is 48.5 Å². The van der Waals surface area contributed by atoms with Gasteiger partial charge in [0, 0.05) is 24.8 Å². The fourth-order valence-electron chi connectivity index (χ4n) is 1.46. The van der Waals surface area contributed by atoms with Crippen molar-refractivity contribution in [3.8, 4) is 0 Å². The van der Waals surface area contributed by atoms with Crippen LogP contribution in [0.2, 0.25) is 0 Å². The third-order valence-corrected chi connectivity index (χ3v) is 2.39. The van der Waals surface area contributed by atoms with E-state index in [0.717, 1.165) is 0 Å².